The second-order valence-corrected chi connectivity index (χ2v) is 5.80. The summed E-state index contributed by atoms with van der Waals surface area (Å²) >= 11 is 1.53. The van der Waals surface area contributed by atoms with Gasteiger partial charge in [0.1, 0.15) is 0 Å². The second kappa shape index (κ2) is 6.01. The Hall–Kier alpha value is -3.00. The van der Waals surface area contributed by atoms with Gasteiger partial charge in [-0.3, -0.25) is 20.0 Å². The summed E-state index contributed by atoms with van der Waals surface area (Å²) in [5.74, 6) is -0.429. The van der Waals surface area contributed by atoms with E-state index in [-0.39, 0.29) is 11.4 Å². The number of aromatic amines is 1. The number of aryl methyl sites for hydroxylation is 1. The first-order valence-electron chi connectivity index (χ1n) is 6.70. The van der Waals surface area contributed by atoms with Crippen LogP contribution in [0.2, 0.25) is 0 Å². The summed E-state index contributed by atoms with van der Waals surface area (Å²) in [6, 6.07) is 10.0. The number of hydrogen-bond acceptors (Lipinski definition) is 5. The molecule has 0 aliphatic carbocycles. The number of amides is 1. The highest BCUT2D eigenvalue weighted by Crippen LogP contribution is 2.24. The van der Waals surface area contributed by atoms with Crippen LogP contribution in [-0.4, -0.2) is 21.0 Å². The first-order chi connectivity index (χ1) is 11.0. The third-order valence-corrected chi connectivity index (χ3v) is 4.16. The fourth-order valence-corrected chi connectivity index (χ4v) is 2.77. The molecule has 2 heterocycles. The van der Waals surface area contributed by atoms with Crippen LogP contribution in [0.15, 0.2) is 41.8 Å². The number of carbonyl (C=O) groups excluding carboxylic acids is 1. The molecule has 116 valence electrons. The molecule has 2 N–H and O–H groups in total. The normalized spacial score (nSPS) is 10.5. The van der Waals surface area contributed by atoms with Gasteiger partial charge in [-0.05, 0) is 30.5 Å². The number of nitrogens with one attached hydrogen (secondary N) is 2. The molecule has 0 spiro atoms. The number of hydrogen-bond donors (Lipinski definition) is 2. The first kappa shape index (κ1) is 14.9. The summed E-state index contributed by atoms with van der Waals surface area (Å²) < 4.78 is 0. The van der Waals surface area contributed by atoms with Gasteiger partial charge in [-0.1, -0.05) is 12.1 Å². The van der Waals surface area contributed by atoms with E-state index in [4.69, 9.17) is 0 Å². The van der Waals surface area contributed by atoms with Crippen molar-refractivity contribution in [2.24, 2.45) is 0 Å². The molecule has 0 radical (unpaired) electrons. The monoisotopic (exact) mass is 328 g/mol. The summed E-state index contributed by atoms with van der Waals surface area (Å²) in [4.78, 5) is 23.6. The van der Waals surface area contributed by atoms with E-state index in [1.807, 2.05) is 17.5 Å². The summed E-state index contributed by atoms with van der Waals surface area (Å²) in [7, 11) is 0. The molecule has 0 saturated heterocycles. The van der Waals surface area contributed by atoms with Gasteiger partial charge < -0.3 is 5.32 Å². The highest BCUT2D eigenvalue weighted by atomic mass is 32.1. The van der Waals surface area contributed by atoms with Crippen molar-refractivity contribution >= 4 is 28.6 Å². The Morgan fingerprint density at radius 3 is 2.87 bits per heavy atom. The third kappa shape index (κ3) is 3.11. The molecule has 3 aromatic rings. The largest absolute Gasteiger partial charge is 0.320 e. The molecule has 0 aliphatic heterocycles. The fourth-order valence-electron chi connectivity index (χ4n) is 2.08. The molecule has 0 bridgehead atoms. The maximum Gasteiger partial charge on any atom is 0.276 e. The number of nitrogens with zero attached hydrogens (tertiary/aromatic N) is 2. The van der Waals surface area contributed by atoms with Crippen molar-refractivity contribution in [3.05, 3.63) is 63.1 Å². The number of aromatic nitrogens is 2. The van der Waals surface area contributed by atoms with Crippen LogP contribution in [0.3, 0.4) is 0 Å². The predicted molar refractivity (Wildman–Crippen MR) is 87.7 cm³/mol. The van der Waals surface area contributed by atoms with Crippen LogP contribution in [0.1, 0.15) is 16.1 Å². The summed E-state index contributed by atoms with van der Waals surface area (Å²) in [6.07, 6.45) is 0. The minimum absolute atomic E-state index is 0.0379. The zero-order valence-corrected chi connectivity index (χ0v) is 12.9. The van der Waals surface area contributed by atoms with Crippen molar-refractivity contribution in [2.45, 2.75) is 6.92 Å². The third-order valence-electron chi connectivity index (χ3n) is 3.26. The van der Waals surface area contributed by atoms with Crippen molar-refractivity contribution in [1.82, 2.24) is 10.2 Å². The van der Waals surface area contributed by atoms with Crippen LogP contribution in [0.5, 0.6) is 0 Å². The molecule has 0 aliphatic rings. The van der Waals surface area contributed by atoms with E-state index in [1.54, 1.807) is 25.1 Å². The Morgan fingerprint density at radius 2 is 2.17 bits per heavy atom. The number of nitro benzene ring substituents is 1. The maximum atomic E-state index is 12.2. The van der Waals surface area contributed by atoms with Crippen LogP contribution in [0.4, 0.5) is 11.4 Å². The average Bonchev–Trinajstić information content (AvgIpc) is 3.19. The lowest BCUT2D eigenvalue weighted by Gasteiger charge is -2.04. The highest BCUT2D eigenvalue weighted by molar-refractivity contribution is 7.13. The molecule has 0 unspecified atom stereocenters. The first-order valence-corrected chi connectivity index (χ1v) is 7.58. The Labute approximate surface area is 135 Å². The summed E-state index contributed by atoms with van der Waals surface area (Å²) in [6.45, 7) is 1.64. The Morgan fingerprint density at radius 1 is 1.35 bits per heavy atom. The van der Waals surface area contributed by atoms with Gasteiger partial charge in [-0.15, -0.1) is 11.3 Å². The average molecular weight is 328 g/mol. The smallest absolute Gasteiger partial charge is 0.276 e. The van der Waals surface area contributed by atoms with Gasteiger partial charge in [0.15, 0.2) is 5.69 Å². The number of carbonyl (C=O) groups is 1. The van der Waals surface area contributed by atoms with Crippen molar-refractivity contribution < 1.29 is 9.72 Å². The van der Waals surface area contributed by atoms with E-state index < -0.39 is 10.8 Å². The summed E-state index contributed by atoms with van der Waals surface area (Å²) in [5.41, 5.74) is 1.82. The quantitative estimate of drug-likeness (QED) is 0.564. The van der Waals surface area contributed by atoms with E-state index in [9.17, 15) is 14.9 Å². The lowest BCUT2D eigenvalue weighted by molar-refractivity contribution is -0.385. The minimum Gasteiger partial charge on any atom is -0.320 e. The Bertz CT molecular complexity index is 871. The number of anilines is 1. The molecule has 0 fully saturated rings. The molecule has 2 aromatic heterocycles. The number of benzene rings is 1. The van der Waals surface area contributed by atoms with E-state index in [0.29, 0.717) is 11.3 Å². The van der Waals surface area contributed by atoms with Crippen LogP contribution >= 0.6 is 11.3 Å². The van der Waals surface area contributed by atoms with E-state index in [0.717, 1.165) is 10.6 Å². The molecule has 1 amide bonds. The molecule has 0 atom stereocenters. The minimum atomic E-state index is -0.478. The van der Waals surface area contributed by atoms with Crippen molar-refractivity contribution in [3.8, 4) is 10.6 Å². The number of nitro groups is 1. The Balaban J connectivity index is 1.80. The predicted octanol–water partition coefficient (Wildman–Crippen LogP) is 3.61. The van der Waals surface area contributed by atoms with Gasteiger partial charge >= 0.3 is 0 Å². The maximum absolute atomic E-state index is 12.2. The number of rotatable bonds is 4. The molecule has 7 nitrogen and oxygen atoms in total. The SMILES string of the molecule is Cc1ccc(NC(=O)c2cc(-c3cccs3)[nH]n2)cc1[N+](=O)[O-]. The van der Waals surface area contributed by atoms with E-state index in [1.165, 1.54) is 17.4 Å². The molecule has 8 heteroatoms. The van der Waals surface area contributed by atoms with Crippen LogP contribution in [-0.2, 0) is 0 Å². The zero-order chi connectivity index (χ0) is 16.4. The van der Waals surface area contributed by atoms with Crippen LogP contribution < -0.4 is 5.32 Å². The standard InChI is InChI=1S/C15H12N4O3S/c1-9-4-5-10(7-13(9)19(21)22)16-15(20)12-8-11(17-18-12)14-3-2-6-23-14/h2-8H,1H3,(H,16,20)(H,17,18). The molecule has 1 aromatic carbocycles. The fraction of sp³-hybridized carbons (Fsp3) is 0.0667. The lowest BCUT2D eigenvalue weighted by Crippen LogP contribution is -2.12. The van der Waals surface area contributed by atoms with Gasteiger partial charge in [-0.25, -0.2) is 0 Å². The van der Waals surface area contributed by atoms with Gasteiger partial charge in [0, 0.05) is 17.3 Å². The van der Waals surface area contributed by atoms with Gasteiger partial charge in [-0.2, -0.15) is 5.10 Å². The van der Waals surface area contributed by atoms with Crippen molar-refractivity contribution in [3.63, 3.8) is 0 Å². The highest BCUT2D eigenvalue weighted by Gasteiger charge is 2.15. The van der Waals surface area contributed by atoms with Crippen LogP contribution in [0, 0.1) is 17.0 Å². The zero-order valence-electron chi connectivity index (χ0n) is 12.1. The molecule has 0 saturated carbocycles. The van der Waals surface area contributed by atoms with Gasteiger partial charge in [0.05, 0.1) is 15.5 Å². The number of H-pyrrole nitrogens is 1. The molecule has 23 heavy (non-hydrogen) atoms. The Kier molecular flexibility index (Phi) is 3.90. The lowest BCUT2D eigenvalue weighted by atomic mass is 10.2. The topological polar surface area (TPSA) is 101 Å². The van der Waals surface area contributed by atoms with E-state index >= 15 is 0 Å². The van der Waals surface area contributed by atoms with E-state index in [2.05, 4.69) is 15.5 Å². The molecular weight excluding hydrogens is 316 g/mol. The molecule has 3 rings (SSSR count). The van der Waals surface area contributed by atoms with Gasteiger partial charge in [0.25, 0.3) is 11.6 Å². The van der Waals surface area contributed by atoms with Crippen molar-refractivity contribution in [2.75, 3.05) is 5.32 Å². The number of thiophene rings is 1. The van der Waals surface area contributed by atoms with Crippen molar-refractivity contribution in [1.29, 1.82) is 0 Å². The second-order valence-electron chi connectivity index (χ2n) is 4.86. The molecular formula is C15H12N4O3S. The van der Waals surface area contributed by atoms with Gasteiger partial charge in [0.2, 0.25) is 0 Å². The summed E-state index contributed by atoms with van der Waals surface area (Å²) in [5, 5.41) is 22.3. The van der Waals surface area contributed by atoms with Crippen LogP contribution in [0.25, 0.3) is 10.6 Å².